The average molecular weight is 361 g/mol. The Balaban J connectivity index is 2.18. The van der Waals surface area contributed by atoms with Crippen LogP contribution in [0.1, 0.15) is 46.1 Å². The van der Waals surface area contributed by atoms with Crippen LogP contribution in [0.4, 0.5) is 0 Å². The molecule has 140 valence electrons. The van der Waals surface area contributed by atoms with Crippen LogP contribution < -0.4 is 9.47 Å². The SMILES string of the molecule is CCOc1ccc(C(=O)N(C)Cc2cc(C(=O)O)c(C)o2)cc1OCC. The highest BCUT2D eigenvalue weighted by Gasteiger charge is 2.19. The molecule has 1 amide bonds. The number of hydrogen-bond acceptors (Lipinski definition) is 5. The molecule has 26 heavy (non-hydrogen) atoms. The topological polar surface area (TPSA) is 89.2 Å². The third kappa shape index (κ3) is 4.36. The van der Waals surface area contributed by atoms with Crippen LogP contribution in [0.25, 0.3) is 0 Å². The maximum atomic E-state index is 12.7. The summed E-state index contributed by atoms with van der Waals surface area (Å²) in [4.78, 5) is 25.2. The Kier molecular flexibility index (Phi) is 6.27. The second-order valence-electron chi connectivity index (χ2n) is 5.68. The van der Waals surface area contributed by atoms with Gasteiger partial charge in [-0.2, -0.15) is 0 Å². The monoisotopic (exact) mass is 361 g/mol. The minimum atomic E-state index is -1.06. The van der Waals surface area contributed by atoms with Crippen LogP contribution in [0.15, 0.2) is 28.7 Å². The summed E-state index contributed by atoms with van der Waals surface area (Å²) in [5, 5.41) is 9.08. The molecular weight excluding hydrogens is 338 g/mol. The molecule has 1 heterocycles. The van der Waals surface area contributed by atoms with Gasteiger partial charge in [-0.15, -0.1) is 0 Å². The van der Waals surface area contributed by atoms with E-state index in [9.17, 15) is 9.59 Å². The second kappa shape index (κ2) is 8.42. The zero-order valence-corrected chi connectivity index (χ0v) is 15.4. The molecular formula is C19H23NO6. The number of hydrogen-bond donors (Lipinski definition) is 1. The maximum Gasteiger partial charge on any atom is 0.339 e. The van der Waals surface area contributed by atoms with Gasteiger partial charge in [0, 0.05) is 12.6 Å². The number of carbonyl (C=O) groups excluding carboxylic acids is 1. The van der Waals surface area contributed by atoms with Crippen molar-refractivity contribution in [3.63, 3.8) is 0 Å². The van der Waals surface area contributed by atoms with E-state index in [-0.39, 0.29) is 18.0 Å². The number of furan rings is 1. The summed E-state index contributed by atoms with van der Waals surface area (Å²) in [7, 11) is 1.62. The van der Waals surface area contributed by atoms with Crippen molar-refractivity contribution in [2.45, 2.75) is 27.3 Å². The van der Waals surface area contributed by atoms with Gasteiger partial charge >= 0.3 is 5.97 Å². The van der Waals surface area contributed by atoms with Gasteiger partial charge in [0.05, 0.1) is 19.8 Å². The lowest BCUT2D eigenvalue weighted by molar-refractivity contribution is 0.0694. The summed E-state index contributed by atoms with van der Waals surface area (Å²) in [6.07, 6.45) is 0. The van der Waals surface area contributed by atoms with Crippen molar-refractivity contribution in [3.05, 3.63) is 46.9 Å². The summed E-state index contributed by atoms with van der Waals surface area (Å²) < 4.78 is 16.5. The Morgan fingerprint density at radius 3 is 2.35 bits per heavy atom. The predicted molar refractivity (Wildman–Crippen MR) is 95.0 cm³/mol. The highest BCUT2D eigenvalue weighted by atomic mass is 16.5. The van der Waals surface area contributed by atoms with Gasteiger partial charge in [0.25, 0.3) is 5.91 Å². The average Bonchev–Trinajstić information content (AvgIpc) is 2.96. The first-order valence-corrected chi connectivity index (χ1v) is 8.35. The Hall–Kier alpha value is -2.96. The van der Waals surface area contributed by atoms with Crippen LogP contribution in [-0.4, -0.2) is 42.1 Å². The number of ether oxygens (including phenoxy) is 2. The van der Waals surface area contributed by atoms with E-state index in [1.54, 1.807) is 32.2 Å². The van der Waals surface area contributed by atoms with Crippen LogP contribution in [0, 0.1) is 6.92 Å². The number of nitrogens with zero attached hydrogens (tertiary/aromatic N) is 1. The van der Waals surface area contributed by atoms with Crippen molar-refractivity contribution in [2.24, 2.45) is 0 Å². The first kappa shape index (κ1) is 19.4. The van der Waals surface area contributed by atoms with Gasteiger partial charge in [0.1, 0.15) is 17.1 Å². The molecule has 2 rings (SSSR count). The van der Waals surface area contributed by atoms with Gasteiger partial charge in [-0.1, -0.05) is 0 Å². The molecule has 0 bridgehead atoms. The van der Waals surface area contributed by atoms with Crippen LogP contribution in [0.2, 0.25) is 0 Å². The minimum absolute atomic E-state index is 0.0977. The number of benzene rings is 1. The fourth-order valence-corrected chi connectivity index (χ4v) is 2.54. The van der Waals surface area contributed by atoms with E-state index < -0.39 is 5.97 Å². The Bertz CT molecular complexity index is 795. The molecule has 0 saturated carbocycles. The fourth-order valence-electron chi connectivity index (χ4n) is 2.54. The van der Waals surface area contributed by atoms with Crippen molar-refractivity contribution in [1.29, 1.82) is 0 Å². The van der Waals surface area contributed by atoms with Gasteiger partial charge < -0.3 is 23.9 Å². The third-order valence-corrected chi connectivity index (χ3v) is 3.73. The fraction of sp³-hybridized carbons (Fsp3) is 0.368. The molecule has 1 aromatic heterocycles. The lowest BCUT2D eigenvalue weighted by atomic mass is 10.1. The van der Waals surface area contributed by atoms with Crippen LogP contribution >= 0.6 is 0 Å². The molecule has 0 fully saturated rings. The van der Waals surface area contributed by atoms with Crippen molar-refractivity contribution in [3.8, 4) is 11.5 Å². The number of carboxylic acids is 1. The number of carbonyl (C=O) groups is 2. The summed E-state index contributed by atoms with van der Waals surface area (Å²) in [6, 6.07) is 6.45. The lowest BCUT2D eigenvalue weighted by Gasteiger charge is -2.17. The molecule has 2 aromatic rings. The highest BCUT2D eigenvalue weighted by molar-refractivity contribution is 5.94. The van der Waals surface area contributed by atoms with Crippen molar-refractivity contribution >= 4 is 11.9 Å². The molecule has 0 spiro atoms. The molecule has 0 radical (unpaired) electrons. The molecule has 0 aliphatic rings. The van der Waals surface area contributed by atoms with Gasteiger partial charge in [0.2, 0.25) is 0 Å². The van der Waals surface area contributed by atoms with Gasteiger partial charge in [-0.25, -0.2) is 4.79 Å². The summed E-state index contributed by atoms with van der Waals surface area (Å²) in [6.45, 7) is 6.42. The highest BCUT2D eigenvalue weighted by Crippen LogP contribution is 2.29. The second-order valence-corrected chi connectivity index (χ2v) is 5.68. The number of rotatable bonds is 8. The van der Waals surface area contributed by atoms with E-state index in [0.717, 1.165) is 0 Å². The standard InChI is InChI=1S/C19H23NO6/c1-5-24-16-8-7-13(9-17(16)25-6-2)18(21)20(4)11-14-10-15(19(22)23)12(3)26-14/h7-10H,5-6,11H2,1-4H3,(H,22,23). The van der Waals surface area contributed by atoms with Gasteiger partial charge in [-0.05, 0) is 45.0 Å². The molecule has 0 unspecified atom stereocenters. The van der Waals surface area contributed by atoms with Crippen molar-refractivity contribution in [2.75, 3.05) is 20.3 Å². The van der Waals surface area contributed by atoms with Crippen LogP contribution in [0.5, 0.6) is 11.5 Å². The van der Waals surface area contributed by atoms with Crippen LogP contribution in [-0.2, 0) is 6.54 Å². The largest absolute Gasteiger partial charge is 0.490 e. The quantitative estimate of drug-likeness (QED) is 0.775. The molecule has 0 aliphatic carbocycles. The molecule has 0 saturated heterocycles. The van der Waals surface area contributed by atoms with Gasteiger partial charge in [0.15, 0.2) is 11.5 Å². The zero-order chi connectivity index (χ0) is 19.3. The molecule has 7 heteroatoms. The third-order valence-electron chi connectivity index (χ3n) is 3.73. The zero-order valence-electron chi connectivity index (χ0n) is 15.4. The smallest absolute Gasteiger partial charge is 0.339 e. The first-order valence-electron chi connectivity index (χ1n) is 8.35. The van der Waals surface area contributed by atoms with E-state index >= 15 is 0 Å². The Morgan fingerprint density at radius 2 is 1.77 bits per heavy atom. The van der Waals surface area contributed by atoms with Gasteiger partial charge in [-0.3, -0.25) is 4.79 Å². The van der Waals surface area contributed by atoms with E-state index in [4.69, 9.17) is 19.0 Å². The van der Waals surface area contributed by atoms with E-state index in [0.29, 0.717) is 41.8 Å². The summed E-state index contributed by atoms with van der Waals surface area (Å²) in [5.41, 5.74) is 0.543. The number of carboxylic acid groups (broad SMARTS) is 1. The van der Waals surface area contributed by atoms with Crippen molar-refractivity contribution in [1.82, 2.24) is 4.90 Å². The predicted octanol–water partition coefficient (Wildman–Crippen LogP) is 3.36. The van der Waals surface area contributed by atoms with E-state index in [1.807, 2.05) is 13.8 Å². The number of aryl methyl sites for hydroxylation is 1. The summed E-state index contributed by atoms with van der Waals surface area (Å²) in [5.74, 6) is 0.524. The van der Waals surface area contributed by atoms with E-state index in [1.165, 1.54) is 11.0 Å². The maximum absolute atomic E-state index is 12.7. The van der Waals surface area contributed by atoms with Crippen molar-refractivity contribution < 1.29 is 28.6 Å². The number of amides is 1. The molecule has 0 aliphatic heterocycles. The lowest BCUT2D eigenvalue weighted by Crippen LogP contribution is -2.26. The Labute approximate surface area is 152 Å². The molecule has 7 nitrogen and oxygen atoms in total. The molecule has 1 N–H and O–H groups in total. The molecule has 1 aromatic carbocycles. The molecule has 0 atom stereocenters. The minimum Gasteiger partial charge on any atom is -0.490 e. The first-order chi connectivity index (χ1) is 12.4. The Morgan fingerprint density at radius 1 is 1.12 bits per heavy atom. The van der Waals surface area contributed by atoms with E-state index in [2.05, 4.69) is 0 Å². The number of aromatic carboxylic acids is 1. The normalized spacial score (nSPS) is 10.5. The van der Waals surface area contributed by atoms with Crippen LogP contribution in [0.3, 0.4) is 0 Å². The summed E-state index contributed by atoms with van der Waals surface area (Å²) >= 11 is 0.